The van der Waals surface area contributed by atoms with E-state index in [4.69, 9.17) is 11.6 Å². The van der Waals surface area contributed by atoms with Gasteiger partial charge in [0.05, 0.1) is 5.88 Å². The Labute approximate surface area is 43.8 Å². The van der Waals surface area contributed by atoms with Crippen LogP contribution in [0.2, 0.25) is 0 Å². The summed E-state index contributed by atoms with van der Waals surface area (Å²) in [4.78, 5) is 10.1. The summed E-state index contributed by atoms with van der Waals surface area (Å²) < 4.78 is 0. The number of rotatable bonds is 2. The Hall–Kier alpha value is 0.390. The molecule has 0 aromatic heterocycles. The number of hydrogen-bond acceptors (Lipinski definition) is 1. The van der Waals surface area contributed by atoms with E-state index in [2.05, 4.69) is 0 Å². The third kappa shape index (κ3) is 2.62. The Morgan fingerprint density at radius 3 is 2.50 bits per heavy atom. The third-order valence-corrected chi connectivity index (χ3v) is 1.60. The monoisotopic (exact) mass is 124 g/mol. The van der Waals surface area contributed by atoms with Gasteiger partial charge in [0.1, 0.15) is 0 Å². The molecule has 36 valence electrons. The molecule has 0 spiro atoms. The van der Waals surface area contributed by atoms with Gasteiger partial charge in [0.15, 0.2) is 5.52 Å². The van der Waals surface area contributed by atoms with Gasteiger partial charge in [-0.15, -0.1) is 11.6 Å². The van der Waals surface area contributed by atoms with Crippen molar-refractivity contribution in [3.05, 3.63) is 0 Å². The van der Waals surface area contributed by atoms with E-state index in [1.54, 1.807) is 0 Å². The number of carbonyl (C=O) groups excluding carboxylic acids is 1. The summed E-state index contributed by atoms with van der Waals surface area (Å²) in [6.07, 6.45) is 0. The van der Waals surface area contributed by atoms with Crippen LogP contribution >= 0.6 is 20.2 Å². The molecule has 0 aromatic carbocycles. The highest BCUT2D eigenvalue weighted by Crippen LogP contribution is 2.03. The summed E-state index contributed by atoms with van der Waals surface area (Å²) in [5.74, 6) is 0.176. The lowest BCUT2D eigenvalue weighted by Crippen LogP contribution is -1.85. The largest absolute Gasteiger partial charge is 0.294 e. The maximum atomic E-state index is 10.1. The first-order chi connectivity index (χ1) is 2.81. The van der Waals surface area contributed by atoms with Gasteiger partial charge in [0.2, 0.25) is 0 Å². The van der Waals surface area contributed by atoms with Crippen molar-refractivity contribution in [2.45, 2.75) is 0 Å². The molecule has 0 fully saturated rings. The standard InChI is InChI=1S/C3H6ClOP/c1-6-3(5)2-4/h6H,2H2,1H3. The minimum atomic E-state index is 0.136. The van der Waals surface area contributed by atoms with E-state index >= 15 is 0 Å². The SMILES string of the molecule is CPC(=O)CCl. The van der Waals surface area contributed by atoms with E-state index < -0.39 is 0 Å². The van der Waals surface area contributed by atoms with Crippen LogP contribution in [0.4, 0.5) is 0 Å². The van der Waals surface area contributed by atoms with Gasteiger partial charge in [0, 0.05) is 0 Å². The Morgan fingerprint density at radius 1 is 2.00 bits per heavy atom. The highest BCUT2D eigenvalue weighted by Gasteiger charge is 1.88. The molecule has 0 radical (unpaired) electrons. The normalized spacial score (nSPS) is 10.3. The summed E-state index contributed by atoms with van der Waals surface area (Å²) in [5.41, 5.74) is 0.136. The Bertz CT molecular complexity index is 48.8. The van der Waals surface area contributed by atoms with Crippen LogP contribution < -0.4 is 0 Å². The van der Waals surface area contributed by atoms with Gasteiger partial charge in [0.25, 0.3) is 0 Å². The number of carbonyl (C=O) groups is 1. The lowest BCUT2D eigenvalue weighted by atomic mass is 10.9. The van der Waals surface area contributed by atoms with Crippen molar-refractivity contribution in [3.63, 3.8) is 0 Å². The van der Waals surface area contributed by atoms with Crippen LogP contribution in [0.25, 0.3) is 0 Å². The van der Waals surface area contributed by atoms with E-state index in [0.29, 0.717) is 8.58 Å². The zero-order valence-electron chi connectivity index (χ0n) is 3.49. The molecule has 0 amide bonds. The third-order valence-electron chi connectivity index (χ3n) is 0.400. The Balaban J connectivity index is 2.99. The molecule has 0 N–H and O–H groups in total. The number of hydrogen-bond donors (Lipinski definition) is 0. The molecule has 0 saturated carbocycles. The Kier molecular flexibility index (Phi) is 3.81. The second-order valence-corrected chi connectivity index (χ2v) is 2.13. The maximum absolute atomic E-state index is 10.1. The van der Waals surface area contributed by atoms with E-state index in [9.17, 15) is 4.79 Å². The molecule has 6 heavy (non-hydrogen) atoms. The van der Waals surface area contributed by atoms with Crippen LogP contribution in [-0.4, -0.2) is 18.1 Å². The van der Waals surface area contributed by atoms with Crippen LogP contribution in [0.15, 0.2) is 0 Å². The number of alkyl halides is 1. The molecule has 3 heteroatoms. The quantitative estimate of drug-likeness (QED) is 0.397. The maximum Gasteiger partial charge on any atom is 0.165 e. The first kappa shape index (κ1) is 6.39. The fourth-order valence-corrected chi connectivity index (χ4v) is 0.601. The van der Waals surface area contributed by atoms with Gasteiger partial charge < -0.3 is 0 Å². The molecule has 0 aliphatic heterocycles. The first-order valence-corrected chi connectivity index (χ1v) is 3.61. The lowest BCUT2D eigenvalue weighted by molar-refractivity contribution is -0.109. The van der Waals surface area contributed by atoms with E-state index in [1.165, 1.54) is 0 Å². The minimum Gasteiger partial charge on any atom is -0.294 e. The molecule has 0 aromatic rings. The average Bonchev–Trinajstić information content (AvgIpc) is 1.65. The zero-order valence-corrected chi connectivity index (χ0v) is 5.25. The van der Waals surface area contributed by atoms with Crippen molar-refractivity contribution in [2.24, 2.45) is 0 Å². The van der Waals surface area contributed by atoms with E-state index in [-0.39, 0.29) is 11.4 Å². The summed E-state index contributed by atoms with van der Waals surface area (Å²) in [7, 11) is 0.361. The van der Waals surface area contributed by atoms with Gasteiger partial charge in [-0.25, -0.2) is 0 Å². The fraction of sp³-hybridized carbons (Fsp3) is 0.667. The van der Waals surface area contributed by atoms with Gasteiger partial charge in [-0.1, -0.05) is 8.58 Å². The van der Waals surface area contributed by atoms with E-state index in [1.807, 2.05) is 6.66 Å². The molecule has 1 nitrogen and oxygen atoms in total. The van der Waals surface area contributed by atoms with Crippen LogP contribution in [0, 0.1) is 0 Å². The van der Waals surface area contributed by atoms with Crippen LogP contribution in [-0.2, 0) is 4.79 Å². The Morgan fingerprint density at radius 2 is 2.50 bits per heavy atom. The van der Waals surface area contributed by atoms with Crippen LogP contribution in [0.3, 0.4) is 0 Å². The van der Waals surface area contributed by atoms with E-state index in [0.717, 1.165) is 0 Å². The van der Waals surface area contributed by atoms with Gasteiger partial charge in [-0.2, -0.15) is 0 Å². The lowest BCUT2D eigenvalue weighted by Gasteiger charge is -1.80. The average molecular weight is 125 g/mol. The molecule has 0 aliphatic rings. The van der Waals surface area contributed by atoms with Crippen molar-refractivity contribution < 1.29 is 4.79 Å². The van der Waals surface area contributed by atoms with Crippen molar-refractivity contribution in [2.75, 3.05) is 12.5 Å². The second kappa shape index (κ2) is 3.58. The van der Waals surface area contributed by atoms with Crippen molar-refractivity contribution >= 4 is 25.7 Å². The first-order valence-electron chi connectivity index (χ1n) is 1.57. The highest BCUT2D eigenvalue weighted by molar-refractivity contribution is 7.57. The molecule has 1 atom stereocenters. The fourth-order valence-electron chi connectivity index (χ4n) is 0.0668. The molecular formula is C3H6ClOP. The van der Waals surface area contributed by atoms with Gasteiger partial charge in [-0.05, 0) is 6.66 Å². The van der Waals surface area contributed by atoms with Crippen LogP contribution in [0.1, 0.15) is 0 Å². The van der Waals surface area contributed by atoms with Gasteiger partial charge >= 0.3 is 0 Å². The summed E-state index contributed by atoms with van der Waals surface area (Å²) in [6, 6.07) is 0. The topological polar surface area (TPSA) is 17.1 Å². The van der Waals surface area contributed by atoms with Crippen LogP contribution in [0.5, 0.6) is 0 Å². The smallest absolute Gasteiger partial charge is 0.165 e. The number of halogens is 1. The molecule has 1 unspecified atom stereocenters. The summed E-state index contributed by atoms with van der Waals surface area (Å²) >= 11 is 5.11. The predicted octanol–water partition coefficient (Wildman–Crippen LogP) is 1.06. The molecule has 0 rings (SSSR count). The molecule has 0 saturated heterocycles. The molecule has 0 heterocycles. The minimum absolute atomic E-state index is 0.136. The predicted molar refractivity (Wildman–Crippen MR) is 30.0 cm³/mol. The zero-order chi connectivity index (χ0) is 4.99. The van der Waals surface area contributed by atoms with Gasteiger partial charge in [-0.3, -0.25) is 4.79 Å². The second-order valence-electron chi connectivity index (χ2n) is 0.807. The molecule has 0 bridgehead atoms. The van der Waals surface area contributed by atoms with Crippen molar-refractivity contribution in [1.29, 1.82) is 0 Å². The highest BCUT2D eigenvalue weighted by atomic mass is 35.5. The molecule has 0 aliphatic carbocycles. The summed E-state index contributed by atoms with van der Waals surface area (Å²) in [5, 5.41) is 0. The molecular weight excluding hydrogens is 118 g/mol. The van der Waals surface area contributed by atoms with Crippen molar-refractivity contribution in [1.82, 2.24) is 0 Å². The van der Waals surface area contributed by atoms with Crippen molar-refractivity contribution in [3.8, 4) is 0 Å². The summed E-state index contributed by atoms with van der Waals surface area (Å²) in [6.45, 7) is 1.82.